The molecule has 0 rings (SSSR count). The van der Waals surface area contributed by atoms with E-state index in [2.05, 4.69) is 34.8 Å². The van der Waals surface area contributed by atoms with Gasteiger partial charge in [0.2, 0.25) is 0 Å². The van der Waals surface area contributed by atoms with Gasteiger partial charge < -0.3 is 0 Å². The van der Waals surface area contributed by atoms with E-state index in [0.29, 0.717) is 0 Å². The van der Waals surface area contributed by atoms with Crippen molar-refractivity contribution in [3.8, 4) is 0 Å². The Kier molecular flexibility index (Phi) is 5.42. The largest absolute Gasteiger partial charge is 0.378 e. The highest BCUT2D eigenvalue weighted by molar-refractivity contribution is 7.87. The van der Waals surface area contributed by atoms with Gasteiger partial charge in [0.05, 0.1) is 6.42 Å². The molecule has 15 heteroatoms. The third-order valence-electron chi connectivity index (χ3n) is 1.99. The molecule has 0 radical (unpaired) electrons. The lowest BCUT2D eigenvalue weighted by atomic mass is 10.0. The van der Waals surface area contributed by atoms with Gasteiger partial charge in [-0.05, 0) is 11.6 Å². The van der Waals surface area contributed by atoms with Crippen LogP contribution in [0.25, 0.3) is 0 Å². The maximum Gasteiger partial charge on any atom is 0.378 e. The van der Waals surface area contributed by atoms with Gasteiger partial charge in [-0.2, -0.15) is 34.8 Å². The summed E-state index contributed by atoms with van der Waals surface area (Å²) in [6.45, 7) is 0. The van der Waals surface area contributed by atoms with Crippen LogP contribution in [0.5, 0.6) is 0 Å². The van der Waals surface area contributed by atoms with Crippen LogP contribution in [0.3, 0.4) is 0 Å². The van der Waals surface area contributed by atoms with Gasteiger partial charge in [0.25, 0.3) is 5.13 Å². The molecular weight excluding hydrogens is 413 g/mol. The van der Waals surface area contributed by atoms with Crippen molar-refractivity contribution in [2.24, 2.45) is 0 Å². The Bertz CT molecular complexity index is 498. The van der Waals surface area contributed by atoms with E-state index in [9.17, 15) is 47.4 Å². The molecular formula is C6H2Cl3F9O2S. The zero-order chi connectivity index (χ0) is 17.7. The highest BCUT2D eigenvalue weighted by Gasteiger charge is 2.78. The molecule has 0 fully saturated rings. The van der Waals surface area contributed by atoms with E-state index < -0.39 is 43.5 Å². The molecule has 0 bridgehead atoms. The lowest BCUT2D eigenvalue weighted by Gasteiger charge is -2.37. The fraction of sp³-hybridized carbons (Fsp3) is 1.00. The first kappa shape index (κ1) is 21.2. The second-order valence-electron chi connectivity index (χ2n) is 3.60. The Morgan fingerprint density at radius 3 is 1.38 bits per heavy atom. The summed E-state index contributed by atoms with van der Waals surface area (Å²) in [5.41, 5.74) is 0. The molecule has 0 aliphatic carbocycles. The van der Waals surface area contributed by atoms with E-state index in [1.54, 1.807) is 0 Å². The molecule has 2 nitrogen and oxygen atoms in total. The summed E-state index contributed by atoms with van der Waals surface area (Å²) in [5, 5.41) is -22.9. The number of hydrogen-bond acceptors (Lipinski definition) is 2. The second kappa shape index (κ2) is 5.38. The van der Waals surface area contributed by atoms with Crippen molar-refractivity contribution in [2.75, 3.05) is 0 Å². The highest BCUT2D eigenvalue weighted by Crippen LogP contribution is 2.58. The maximum atomic E-state index is 13.3. The molecule has 128 valence electrons. The molecule has 0 amide bonds. The average molecular weight is 415 g/mol. The van der Waals surface area contributed by atoms with E-state index >= 15 is 0 Å². The van der Waals surface area contributed by atoms with Gasteiger partial charge in [0.15, 0.2) is 0 Å². The minimum Gasteiger partial charge on any atom is -0.219 e. The molecule has 21 heavy (non-hydrogen) atoms. The summed E-state index contributed by atoms with van der Waals surface area (Å²) in [7, 11) is -6.95. The first-order valence-corrected chi connectivity index (χ1v) is 6.75. The summed E-state index contributed by atoms with van der Waals surface area (Å²) in [5.74, 6) is -6.34. The quantitative estimate of drug-likeness (QED) is 0.363. The SMILES string of the molecule is O=S(=O)(F)C(F)(F)CC(F)(Cl)C(F)(F)C(F)(Cl)C(F)(F)Cl. The van der Waals surface area contributed by atoms with Crippen LogP contribution < -0.4 is 0 Å². The van der Waals surface area contributed by atoms with Crippen LogP contribution in [0.1, 0.15) is 6.42 Å². The van der Waals surface area contributed by atoms with Crippen molar-refractivity contribution < 1.29 is 47.4 Å². The van der Waals surface area contributed by atoms with E-state index in [1.165, 1.54) is 0 Å². The van der Waals surface area contributed by atoms with Crippen molar-refractivity contribution in [3.63, 3.8) is 0 Å². The van der Waals surface area contributed by atoms with Gasteiger partial charge in [-0.1, -0.05) is 27.1 Å². The zero-order valence-electron chi connectivity index (χ0n) is 8.97. The zero-order valence-corrected chi connectivity index (χ0v) is 12.1. The van der Waals surface area contributed by atoms with Crippen LogP contribution in [-0.4, -0.2) is 35.2 Å². The Hall–Kier alpha value is 0.190. The van der Waals surface area contributed by atoms with Gasteiger partial charge in [-0.15, -0.1) is 0 Å². The monoisotopic (exact) mass is 414 g/mol. The summed E-state index contributed by atoms with van der Waals surface area (Å²) in [6, 6.07) is 0. The van der Waals surface area contributed by atoms with Crippen LogP contribution in [-0.2, 0) is 10.2 Å². The van der Waals surface area contributed by atoms with Gasteiger partial charge >= 0.3 is 31.9 Å². The van der Waals surface area contributed by atoms with Crippen molar-refractivity contribution in [1.29, 1.82) is 0 Å². The smallest absolute Gasteiger partial charge is 0.219 e. The van der Waals surface area contributed by atoms with E-state index in [1.807, 2.05) is 0 Å². The van der Waals surface area contributed by atoms with Crippen molar-refractivity contribution >= 4 is 45.0 Å². The molecule has 0 aromatic heterocycles. The average Bonchev–Trinajstić information content (AvgIpc) is 2.11. The molecule has 2 atom stereocenters. The second-order valence-corrected chi connectivity index (χ2v) is 6.67. The molecule has 0 saturated heterocycles. The number of hydrogen-bond donors (Lipinski definition) is 0. The lowest BCUT2D eigenvalue weighted by molar-refractivity contribution is -0.221. The Labute approximate surface area is 126 Å². The first-order chi connectivity index (χ1) is 8.71. The van der Waals surface area contributed by atoms with Crippen LogP contribution in [0.2, 0.25) is 0 Å². The fourth-order valence-corrected chi connectivity index (χ4v) is 1.93. The molecule has 0 aromatic rings. The van der Waals surface area contributed by atoms with Crippen LogP contribution in [0, 0.1) is 0 Å². The molecule has 0 heterocycles. The summed E-state index contributed by atoms with van der Waals surface area (Å²) in [4.78, 5) is 0. The standard InChI is InChI=1S/C6H2Cl3F9O2S/c7-2(10,1-3(11,12)21(18,19)20)5(14,15)4(8,13)6(9,16)17/h1H2. The third-order valence-corrected chi connectivity index (χ3v) is 4.05. The Morgan fingerprint density at radius 1 is 0.810 bits per heavy atom. The van der Waals surface area contributed by atoms with Gasteiger partial charge in [0, 0.05) is 0 Å². The minimum absolute atomic E-state index is 3.42. The van der Waals surface area contributed by atoms with E-state index in [-0.39, 0.29) is 0 Å². The fourth-order valence-electron chi connectivity index (χ4n) is 0.863. The Balaban J connectivity index is 5.82. The lowest BCUT2D eigenvalue weighted by Crippen LogP contribution is -2.60. The molecule has 0 aromatic carbocycles. The molecule has 0 saturated carbocycles. The summed E-state index contributed by atoms with van der Waals surface area (Å²) in [6.07, 6.45) is -3.42. The first-order valence-electron chi connectivity index (χ1n) is 4.23. The molecule has 2 unspecified atom stereocenters. The van der Waals surface area contributed by atoms with Crippen molar-refractivity contribution in [1.82, 2.24) is 0 Å². The highest BCUT2D eigenvalue weighted by atomic mass is 35.5. The van der Waals surface area contributed by atoms with E-state index in [0.717, 1.165) is 0 Å². The predicted octanol–water partition coefficient (Wildman–Crippen LogP) is 4.54. The number of halogens is 12. The van der Waals surface area contributed by atoms with Gasteiger partial charge in [-0.25, -0.2) is 8.78 Å². The number of alkyl halides is 11. The van der Waals surface area contributed by atoms with Crippen molar-refractivity contribution in [2.45, 2.75) is 33.2 Å². The molecule has 0 aliphatic heterocycles. The van der Waals surface area contributed by atoms with Crippen molar-refractivity contribution in [3.05, 3.63) is 0 Å². The van der Waals surface area contributed by atoms with Crippen LogP contribution in [0.15, 0.2) is 0 Å². The van der Waals surface area contributed by atoms with Gasteiger partial charge in [-0.3, -0.25) is 0 Å². The number of rotatable bonds is 6. The van der Waals surface area contributed by atoms with E-state index in [4.69, 9.17) is 0 Å². The predicted molar refractivity (Wildman–Crippen MR) is 54.7 cm³/mol. The summed E-state index contributed by atoms with van der Waals surface area (Å²) < 4.78 is 135. The topological polar surface area (TPSA) is 34.1 Å². The molecule has 0 N–H and O–H groups in total. The van der Waals surface area contributed by atoms with Crippen LogP contribution in [0.4, 0.5) is 39.0 Å². The minimum atomic E-state index is -6.95. The van der Waals surface area contributed by atoms with Crippen LogP contribution >= 0.6 is 34.8 Å². The van der Waals surface area contributed by atoms with Gasteiger partial charge in [0.1, 0.15) is 0 Å². The normalized spacial score (nSPS) is 20.8. The summed E-state index contributed by atoms with van der Waals surface area (Å²) >= 11 is 12.0. The maximum absolute atomic E-state index is 13.3. The Morgan fingerprint density at radius 2 is 1.14 bits per heavy atom. The molecule has 0 aliphatic rings. The molecule has 0 spiro atoms. The third kappa shape index (κ3) is 3.75.